The van der Waals surface area contributed by atoms with Gasteiger partial charge in [0.15, 0.2) is 0 Å². The maximum absolute atomic E-state index is 15.3. The third kappa shape index (κ3) is 4.46. The Bertz CT molecular complexity index is 1950. The van der Waals surface area contributed by atoms with Crippen LogP contribution >= 0.6 is 0 Å². The fraction of sp³-hybridized carbons (Fsp3) is 0.568. The quantitative estimate of drug-likeness (QED) is 0.382. The van der Waals surface area contributed by atoms with Gasteiger partial charge in [0.25, 0.3) is 5.91 Å². The van der Waals surface area contributed by atoms with Crippen LogP contribution in [0.1, 0.15) is 97.5 Å². The van der Waals surface area contributed by atoms with Gasteiger partial charge < -0.3 is 19.1 Å². The smallest absolute Gasteiger partial charge is 0.304 e. The van der Waals surface area contributed by atoms with Crippen LogP contribution in [-0.4, -0.2) is 91.3 Å². The number of aromatic nitrogens is 1. The molecule has 3 aliphatic carbocycles. The standard InChI is InChI=1S/C37H45N5O5S/c1-39-20-25-12-13-26(21-39)41(25)36(44)37-19-31(37)30-18-27(47-3)14-16-28(30)34-33(22-7-5-4-6-8-22)29-15-9-23(17-32(29)42(34)37)35(43)38-48(45,46)40(2)24-10-11-24/h9,14-18,22,24-26,31H,4-8,10-13,19-21H2,1-3H3,(H,38,43). The monoisotopic (exact) mass is 671 g/mol. The van der Waals surface area contributed by atoms with Crippen molar-refractivity contribution < 1.29 is 22.7 Å². The highest BCUT2D eigenvalue weighted by atomic mass is 32.2. The summed E-state index contributed by atoms with van der Waals surface area (Å²) in [6, 6.07) is 12.3. The van der Waals surface area contributed by atoms with Crippen molar-refractivity contribution in [2.45, 2.75) is 99.7 Å². The van der Waals surface area contributed by atoms with E-state index in [9.17, 15) is 13.2 Å². The first-order valence-electron chi connectivity index (χ1n) is 17.8. The number of piperazine rings is 1. The molecule has 3 saturated carbocycles. The Morgan fingerprint density at radius 3 is 2.38 bits per heavy atom. The zero-order valence-corrected chi connectivity index (χ0v) is 28.9. The zero-order valence-electron chi connectivity index (χ0n) is 28.1. The molecule has 3 aromatic rings. The molecule has 4 unspecified atom stereocenters. The third-order valence-electron chi connectivity index (χ3n) is 12.4. The number of nitrogens with one attached hydrogen (secondary N) is 1. The summed E-state index contributed by atoms with van der Waals surface area (Å²) in [5, 5.41) is 1.06. The molecule has 2 aromatic carbocycles. The summed E-state index contributed by atoms with van der Waals surface area (Å²) >= 11 is 0. The van der Waals surface area contributed by atoms with Crippen molar-refractivity contribution >= 4 is 32.9 Å². The molecule has 48 heavy (non-hydrogen) atoms. The van der Waals surface area contributed by atoms with Gasteiger partial charge in [0.2, 0.25) is 5.91 Å². The largest absolute Gasteiger partial charge is 0.497 e. The first kappa shape index (κ1) is 30.6. The van der Waals surface area contributed by atoms with E-state index < -0.39 is 21.7 Å². The number of hydrogen-bond donors (Lipinski definition) is 1. The molecule has 3 aliphatic heterocycles. The molecule has 4 heterocycles. The van der Waals surface area contributed by atoms with E-state index >= 15 is 4.79 Å². The Hall–Kier alpha value is -3.41. The number of hydrogen-bond acceptors (Lipinski definition) is 6. The molecule has 0 radical (unpaired) electrons. The zero-order chi connectivity index (χ0) is 33.1. The number of benzene rings is 2. The van der Waals surface area contributed by atoms with Crippen LogP contribution in [-0.2, 0) is 20.5 Å². The van der Waals surface area contributed by atoms with Gasteiger partial charge in [-0.2, -0.15) is 12.7 Å². The van der Waals surface area contributed by atoms with Gasteiger partial charge in [0.1, 0.15) is 11.3 Å². The number of carbonyl (C=O) groups is 2. The normalized spacial score (nSPS) is 28.2. The molecule has 10 nitrogen and oxygen atoms in total. The van der Waals surface area contributed by atoms with Gasteiger partial charge in [0.05, 0.1) is 18.3 Å². The summed E-state index contributed by atoms with van der Waals surface area (Å²) in [6.45, 7) is 1.77. The minimum absolute atomic E-state index is 0.0125. The minimum Gasteiger partial charge on any atom is -0.497 e. The molecule has 4 atom stereocenters. The van der Waals surface area contributed by atoms with Gasteiger partial charge in [-0.1, -0.05) is 25.3 Å². The van der Waals surface area contributed by atoms with Gasteiger partial charge in [-0.15, -0.1) is 0 Å². The number of carbonyl (C=O) groups excluding carboxylic acids is 2. The number of likely N-dealkylation sites (tertiary alicyclic amines) is 1. The van der Waals surface area contributed by atoms with E-state index in [0.717, 1.165) is 92.4 Å². The Labute approximate surface area is 282 Å². The van der Waals surface area contributed by atoms with Crippen molar-refractivity contribution in [2.75, 3.05) is 34.3 Å². The topological polar surface area (TPSA) is 104 Å². The van der Waals surface area contributed by atoms with Crippen LogP contribution in [0, 0.1) is 0 Å². The first-order valence-corrected chi connectivity index (χ1v) is 19.2. The van der Waals surface area contributed by atoms with Crippen molar-refractivity contribution in [3.8, 4) is 17.0 Å². The van der Waals surface area contributed by atoms with Gasteiger partial charge in [-0.25, -0.2) is 4.72 Å². The fourth-order valence-electron chi connectivity index (χ4n) is 9.86. The molecule has 1 aromatic heterocycles. The van der Waals surface area contributed by atoms with Gasteiger partial charge in [0, 0.05) is 60.7 Å². The van der Waals surface area contributed by atoms with E-state index in [4.69, 9.17) is 4.74 Å². The number of ether oxygens (including phenoxy) is 1. The Morgan fingerprint density at radius 2 is 1.69 bits per heavy atom. The summed E-state index contributed by atoms with van der Waals surface area (Å²) in [5.41, 5.74) is 5.00. The lowest BCUT2D eigenvalue weighted by Crippen LogP contribution is -2.58. The molecule has 1 N–H and O–H groups in total. The van der Waals surface area contributed by atoms with Crippen molar-refractivity contribution in [1.29, 1.82) is 0 Å². The molecule has 9 rings (SSSR count). The second kappa shape index (κ2) is 10.8. The van der Waals surface area contributed by atoms with Crippen LogP contribution in [0.25, 0.3) is 22.2 Å². The van der Waals surface area contributed by atoms with E-state index in [-0.39, 0.29) is 35.5 Å². The molecular weight excluding hydrogens is 627 g/mol. The Kier molecular flexibility index (Phi) is 6.89. The molecular formula is C37H45N5O5S. The van der Waals surface area contributed by atoms with Crippen molar-refractivity contribution in [3.05, 3.63) is 53.1 Å². The molecule has 11 heteroatoms. The fourth-order valence-corrected chi connectivity index (χ4v) is 11.0. The Morgan fingerprint density at radius 1 is 0.958 bits per heavy atom. The summed E-state index contributed by atoms with van der Waals surface area (Å²) in [5.74, 6) is 0.661. The number of methoxy groups -OCH3 is 1. The number of rotatable bonds is 7. The van der Waals surface area contributed by atoms with E-state index in [1.807, 2.05) is 18.2 Å². The summed E-state index contributed by atoms with van der Waals surface area (Å²) in [7, 11) is 1.39. The summed E-state index contributed by atoms with van der Waals surface area (Å²) in [4.78, 5) is 33.5. The van der Waals surface area contributed by atoms with Crippen LogP contribution in [0.5, 0.6) is 5.75 Å². The third-order valence-corrected chi connectivity index (χ3v) is 13.9. The molecule has 2 amide bonds. The second-order valence-corrected chi connectivity index (χ2v) is 17.0. The Balaban J connectivity index is 1.24. The van der Waals surface area contributed by atoms with E-state index in [1.165, 1.54) is 28.9 Å². The summed E-state index contributed by atoms with van der Waals surface area (Å²) in [6.07, 6.45) is 10.1. The van der Waals surface area contributed by atoms with Gasteiger partial charge in [-0.05, 0) is 99.4 Å². The predicted molar refractivity (Wildman–Crippen MR) is 183 cm³/mol. The van der Waals surface area contributed by atoms with Gasteiger partial charge in [-0.3, -0.25) is 9.59 Å². The molecule has 0 spiro atoms. The highest BCUT2D eigenvalue weighted by molar-refractivity contribution is 7.87. The minimum atomic E-state index is -3.98. The van der Waals surface area contributed by atoms with Crippen LogP contribution in [0.2, 0.25) is 0 Å². The van der Waals surface area contributed by atoms with E-state index in [0.29, 0.717) is 12.3 Å². The van der Waals surface area contributed by atoms with E-state index in [2.05, 4.69) is 38.3 Å². The molecule has 6 aliphatic rings. The molecule has 2 bridgehead atoms. The lowest BCUT2D eigenvalue weighted by atomic mass is 9.80. The van der Waals surface area contributed by atoms with Crippen molar-refractivity contribution in [1.82, 2.24) is 23.4 Å². The second-order valence-electron chi connectivity index (χ2n) is 15.3. The lowest BCUT2D eigenvalue weighted by molar-refractivity contribution is -0.142. The SMILES string of the molecule is COc1ccc2c(c1)C1CC1(C(=O)N1C3CCC1CN(C)C3)n1c-2c(C2CCCCC2)c2ccc(C(=O)NS(=O)(=O)N(C)C3CC3)cc21. The average molecular weight is 672 g/mol. The number of likely N-dealkylation sites (N-methyl/N-ethyl adjacent to an activating group) is 1. The molecule has 2 saturated heterocycles. The average Bonchev–Trinajstić information content (AvgIpc) is 4.01. The molecule has 254 valence electrons. The van der Waals surface area contributed by atoms with Crippen LogP contribution in [0.4, 0.5) is 0 Å². The highest BCUT2D eigenvalue weighted by Crippen LogP contribution is 2.67. The first-order chi connectivity index (χ1) is 23.1. The maximum Gasteiger partial charge on any atom is 0.304 e. The predicted octanol–water partition coefficient (Wildman–Crippen LogP) is 4.93. The molecule has 5 fully saturated rings. The number of nitrogens with zero attached hydrogens (tertiary/aromatic N) is 4. The summed E-state index contributed by atoms with van der Waals surface area (Å²) < 4.78 is 37.8. The maximum atomic E-state index is 15.3. The van der Waals surface area contributed by atoms with Crippen LogP contribution in [0.15, 0.2) is 36.4 Å². The highest BCUT2D eigenvalue weighted by Gasteiger charge is 2.68. The van der Waals surface area contributed by atoms with Crippen molar-refractivity contribution in [3.63, 3.8) is 0 Å². The van der Waals surface area contributed by atoms with Crippen molar-refractivity contribution in [2.24, 2.45) is 0 Å². The van der Waals surface area contributed by atoms with E-state index in [1.54, 1.807) is 13.2 Å². The van der Waals surface area contributed by atoms with Gasteiger partial charge >= 0.3 is 10.2 Å². The number of amides is 2. The number of fused-ring (bicyclic) bond motifs is 10. The van der Waals surface area contributed by atoms with Crippen LogP contribution < -0.4 is 9.46 Å². The lowest BCUT2D eigenvalue weighted by Gasteiger charge is -2.43. The van der Waals surface area contributed by atoms with Crippen LogP contribution in [0.3, 0.4) is 0 Å².